The second kappa shape index (κ2) is 11.7. The number of fused-ring (bicyclic) bond motifs is 1. The minimum atomic E-state index is 0.350. The molecule has 4 rings (SSSR count). The van der Waals surface area contributed by atoms with E-state index in [0.29, 0.717) is 18.4 Å². The summed E-state index contributed by atoms with van der Waals surface area (Å²) < 4.78 is 0. The van der Waals surface area contributed by atoms with Crippen molar-refractivity contribution in [2.45, 2.75) is 18.8 Å². The predicted molar refractivity (Wildman–Crippen MR) is 142 cm³/mol. The number of hydrogen-bond acceptors (Lipinski definition) is 2. The van der Waals surface area contributed by atoms with Gasteiger partial charge in [0.1, 0.15) is 0 Å². The number of allylic oxidation sites excluding steroid dienone is 10. The summed E-state index contributed by atoms with van der Waals surface area (Å²) in [4.78, 5) is 9.09. The standard InChI is InChI=1S/C31H30N2/c1-2-25(12-10-20-31-30-19-9-7-16-28(30)21-23-33-31)24-32-22-11-17-27-15-6-8-18-29(27)26-13-4-3-5-14-26/h2-6,8-15,17-21,23-24,27,29H,1,7,16,22H2/b17-11+,20-10+,25-12+,32-24?. The van der Waals surface area contributed by atoms with Crippen LogP contribution < -0.4 is 0 Å². The maximum absolute atomic E-state index is 4.57. The first-order valence-corrected chi connectivity index (χ1v) is 11.6. The fourth-order valence-corrected chi connectivity index (χ4v) is 4.18. The van der Waals surface area contributed by atoms with Gasteiger partial charge in [0.15, 0.2) is 0 Å². The summed E-state index contributed by atoms with van der Waals surface area (Å²) in [5.74, 6) is 0.723. The van der Waals surface area contributed by atoms with Crippen molar-refractivity contribution in [3.8, 4) is 0 Å². The average Bonchev–Trinajstić information content (AvgIpc) is 2.88. The van der Waals surface area contributed by atoms with Gasteiger partial charge in [0.2, 0.25) is 0 Å². The molecule has 33 heavy (non-hydrogen) atoms. The van der Waals surface area contributed by atoms with Crippen LogP contribution in [0.1, 0.15) is 34.7 Å². The molecular formula is C31H30N2. The minimum Gasteiger partial charge on any atom is -0.288 e. The molecule has 2 heteroatoms. The Hall–Kier alpha value is -3.78. The van der Waals surface area contributed by atoms with Crippen molar-refractivity contribution in [1.29, 1.82) is 0 Å². The van der Waals surface area contributed by atoms with E-state index in [1.165, 1.54) is 16.7 Å². The van der Waals surface area contributed by atoms with Gasteiger partial charge in [0, 0.05) is 29.8 Å². The van der Waals surface area contributed by atoms with Crippen molar-refractivity contribution in [2.24, 2.45) is 10.9 Å². The number of hydrogen-bond donors (Lipinski definition) is 0. The molecule has 1 heterocycles. The second-order valence-electron chi connectivity index (χ2n) is 8.15. The van der Waals surface area contributed by atoms with Crippen LogP contribution >= 0.6 is 0 Å². The Bertz CT molecular complexity index is 1160. The molecule has 0 amide bonds. The molecule has 2 aliphatic rings. The normalized spacial score (nSPS) is 20.2. The van der Waals surface area contributed by atoms with Crippen LogP contribution in [0, 0.1) is 5.92 Å². The molecule has 2 aromatic rings. The van der Waals surface area contributed by atoms with E-state index in [1.807, 2.05) is 30.6 Å². The number of aromatic nitrogens is 1. The Labute approximate surface area is 197 Å². The molecule has 0 N–H and O–H groups in total. The van der Waals surface area contributed by atoms with E-state index in [-0.39, 0.29) is 0 Å². The molecule has 0 aliphatic heterocycles. The molecule has 2 atom stereocenters. The Morgan fingerprint density at radius 2 is 2.00 bits per heavy atom. The average molecular weight is 431 g/mol. The highest BCUT2D eigenvalue weighted by atomic mass is 14.7. The zero-order valence-corrected chi connectivity index (χ0v) is 18.9. The summed E-state index contributed by atoms with van der Waals surface area (Å²) in [5, 5.41) is 0. The minimum absolute atomic E-state index is 0.350. The van der Waals surface area contributed by atoms with Crippen LogP contribution in [0.15, 0.2) is 120 Å². The van der Waals surface area contributed by atoms with E-state index in [9.17, 15) is 0 Å². The van der Waals surface area contributed by atoms with Gasteiger partial charge in [0.05, 0.1) is 12.2 Å². The van der Waals surface area contributed by atoms with Crippen LogP contribution in [0.2, 0.25) is 0 Å². The first-order valence-electron chi connectivity index (χ1n) is 11.6. The lowest BCUT2D eigenvalue weighted by atomic mass is 9.83. The molecule has 1 aromatic heterocycles. The van der Waals surface area contributed by atoms with E-state index < -0.39 is 0 Å². The van der Waals surface area contributed by atoms with Gasteiger partial charge in [-0.05, 0) is 41.7 Å². The summed E-state index contributed by atoms with van der Waals surface area (Å²) in [6.45, 7) is 4.56. The quantitative estimate of drug-likeness (QED) is 0.245. The van der Waals surface area contributed by atoms with E-state index >= 15 is 0 Å². The largest absolute Gasteiger partial charge is 0.288 e. The van der Waals surface area contributed by atoms with E-state index in [4.69, 9.17) is 0 Å². The topological polar surface area (TPSA) is 25.2 Å². The van der Waals surface area contributed by atoms with Crippen molar-refractivity contribution in [3.05, 3.63) is 138 Å². The fraction of sp³-hybridized carbons (Fsp3) is 0.161. The van der Waals surface area contributed by atoms with Gasteiger partial charge in [-0.2, -0.15) is 0 Å². The molecular weight excluding hydrogens is 400 g/mol. The summed E-state index contributed by atoms with van der Waals surface area (Å²) in [5.41, 5.74) is 5.91. The SMILES string of the molecule is C=C/C(C=NC/C=C/C1C=CC=CC1c1ccccc1)=C\C=C\c1nccc2c1C=CCC2. The van der Waals surface area contributed by atoms with E-state index in [1.54, 1.807) is 0 Å². The van der Waals surface area contributed by atoms with Gasteiger partial charge in [0.25, 0.3) is 0 Å². The van der Waals surface area contributed by atoms with Gasteiger partial charge in [-0.1, -0.05) is 104 Å². The van der Waals surface area contributed by atoms with Crippen molar-refractivity contribution in [1.82, 2.24) is 4.98 Å². The van der Waals surface area contributed by atoms with Crippen LogP contribution in [-0.4, -0.2) is 17.7 Å². The molecule has 0 bridgehead atoms. The highest BCUT2D eigenvalue weighted by molar-refractivity contribution is 5.83. The molecule has 1 aromatic carbocycles. The van der Waals surface area contributed by atoms with Gasteiger partial charge < -0.3 is 0 Å². The summed E-state index contributed by atoms with van der Waals surface area (Å²) >= 11 is 0. The van der Waals surface area contributed by atoms with Crippen molar-refractivity contribution in [2.75, 3.05) is 6.54 Å². The fourth-order valence-electron chi connectivity index (χ4n) is 4.18. The molecule has 0 spiro atoms. The molecule has 0 saturated carbocycles. The maximum Gasteiger partial charge on any atom is 0.0704 e. The molecule has 0 radical (unpaired) electrons. The smallest absolute Gasteiger partial charge is 0.0704 e. The number of benzene rings is 1. The van der Waals surface area contributed by atoms with Crippen LogP contribution in [0.5, 0.6) is 0 Å². The summed E-state index contributed by atoms with van der Waals surface area (Å²) in [6, 6.07) is 12.8. The van der Waals surface area contributed by atoms with Crippen molar-refractivity contribution < 1.29 is 0 Å². The third kappa shape index (κ3) is 6.14. The number of pyridine rings is 1. The van der Waals surface area contributed by atoms with Gasteiger partial charge in [-0.25, -0.2) is 0 Å². The number of aliphatic imine (C=N–C) groups is 1. The van der Waals surface area contributed by atoms with Crippen LogP contribution in [-0.2, 0) is 6.42 Å². The maximum atomic E-state index is 4.57. The van der Waals surface area contributed by atoms with Gasteiger partial charge in [-0.15, -0.1) is 0 Å². The lowest BCUT2D eigenvalue weighted by molar-refractivity contribution is 0.698. The highest BCUT2D eigenvalue weighted by Crippen LogP contribution is 2.30. The van der Waals surface area contributed by atoms with Gasteiger partial charge in [-0.3, -0.25) is 9.98 Å². The summed E-state index contributed by atoms with van der Waals surface area (Å²) in [7, 11) is 0. The van der Waals surface area contributed by atoms with Crippen molar-refractivity contribution in [3.63, 3.8) is 0 Å². The first-order chi connectivity index (χ1) is 16.3. The molecule has 2 unspecified atom stereocenters. The van der Waals surface area contributed by atoms with Crippen LogP contribution in [0.25, 0.3) is 12.2 Å². The van der Waals surface area contributed by atoms with E-state index in [0.717, 1.165) is 24.1 Å². The third-order valence-corrected chi connectivity index (χ3v) is 5.93. The Kier molecular flexibility index (Phi) is 7.97. The number of aryl methyl sites for hydroxylation is 1. The zero-order valence-electron chi connectivity index (χ0n) is 18.9. The monoisotopic (exact) mass is 430 g/mol. The Morgan fingerprint density at radius 1 is 1.12 bits per heavy atom. The molecule has 0 saturated heterocycles. The van der Waals surface area contributed by atoms with Gasteiger partial charge >= 0.3 is 0 Å². The number of nitrogens with zero attached hydrogens (tertiary/aromatic N) is 2. The third-order valence-electron chi connectivity index (χ3n) is 5.93. The molecule has 2 aliphatic carbocycles. The second-order valence-corrected chi connectivity index (χ2v) is 8.15. The molecule has 0 fully saturated rings. The van der Waals surface area contributed by atoms with Crippen LogP contribution in [0.4, 0.5) is 0 Å². The van der Waals surface area contributed by atoms with E-state index in [2.05, 4.69) is 108 Å². The Morgan fingerprint density at radius 3 is 2.88 bits per heavy atom. The lowest BCUT2D eigenvalue weighted by Gasteiger charge is -2.21. The number of rotatable bonds is 8. The molecule has 164 valence electrons. The van der Waals surface area contributed by atoms with Crippen LogP contribution in [0.3, 0.4) is 0 Å². The highest BCUT2D eigenvalue weighted by Gasteiger charge is 2.17. The molecule has 2 nitrogen and oxygen atoms in total. The summed E-state index contributed by atoms with van der Waals surface area (Å²) in [6.07, 6.45) is 31.4. The first kappa shape index (κ1) is 22.4. The Balaban J connectivity index is 1.35. The van der Waals surface area contributed by atoms with Crippen molar-refractivity contribution >= 4 is 18.4 Å². The zero-order chi connectivity index (χ0) is 22.7. The predicted octanol–water partition coefficient (Wildman–Crippen LogP) is 7.32. The lowest BCUT2D eigenvalue weighted by Crippen LogP contribution is -2.08.